The molecule has 0 saturated heterocycles. The fraction of sp³-hybridized carbons (Fsp3) is 0.0714. The summed E-state index contributed by atoms with van der Waals surface area (Å²) in [5.74, 6) is -0.555. The summed E-state index contributed by atoms with van der Waals surface area (Å²) in [5, 5.41) is 3.28. The van der Waals surface area contributed by atoms with Crippen molar-refractivity contribution >= 4 is 44.6 Å². The molecule has 2 rings (SSSR count). The van der Waals surface area contributed by atoms with Crippen molar-refractivity contribution in [2.45, 2.75) is 4.90 Å². The van der Waals surface area contributed by atoms with Gasteiger partial charge in [-0.15, -0.1) is 0 Å². The quantitative estimate of drug-likeness (QED) is 0.924. The van der Waals surface area contributed by atoms with E-state index in [1.54, 1.807) is 24.3 Å². The lowest BCUT2D eigenvalue weighted by atomic mass is 10.2. The number of carbonyl (C=O) groups is 1. The largest absolute Gasteiger partial charge is 0.321 e. The van der Waals surface area contributed by atoms with Gasteiger partial charge in [-0.2, -0.15) is 0 Å². The highest BCUT2D eigenvalue weighted by Crippen LogP contribution is 2.26. The van der Waals surface area contributed by atoms with Gasteiger partial charge < -0.3 is 5.32 Å². The molecule has 0 saturated carbocycles. The number of nitrogens with one attached hydrogen (secondary N) is 1. The molecule has 0 aliphatic carbocycles. The molecular weight excluding hydrogens is 333 g/mol. The highest BCUT2D eigenvalue weighted by atomic mass is 35.5. The maximum atomic E-state index is 12.3. The van der Waals surface area contributed by atoms with Crippen molar-refractivity contribution in [1.82, 2.24) is 0 Å². The summed E-state index contributed by atoms with van der Waals surface area (Å²) < 4.78 is 23.4. The van der Waals surface area contributed by atoms with Crippen LogP contribution in [0.1, 0.15) is 10.4 Å². The summed E-state index contributed by atoms with van der Waals surface area (Å²) in [6.45, 7) is 0. The fourth-order valence-electron chi connectivity index (χ4n) is 1.76. The summed E-state index contributed by atoms with van der Waals surface area (Å²) in [4.78, 5) is 12.2. The maximum absolute atomic E-state index is 12.3. The minimum Gasteiger partial charge on any atom is -0.321 e. The van der Waals surface area contributed by atoms with E-state index in [0.29, 0.717) is 10.7 Å². The monoisotopic (exact) mass is 343 g/mol. The van der Waals surface area contributed by atoms with Crippen LogP contribution in [-0.2, 0) is 9.84 Å². The Labute approximate surface area is 132 Å². The van der Waals surface area contributed by atoms with Crippen molar-refractivity contribution < 1.29 is 13.2 Å². The zero-order valence-corrected chi connectivity index (χ0v) is 13.3. The van der Waals surface area contributed by atoms with Crippen LogP contribution in [0.25, 0.3) is 0 Å². The van der Waals surface area contributed by atoms with E-state index in [1.807, 2.05) is 0 Å². The number of amides is 1. The lowest BCUT2D eigenvalue weighted by Gasteiger charge is -2.10. The third-order valence-electron chi connectivity index (χ3n) is 2.71. The first kappa shape index (κ1) is 15.8. The fourth-order valence-corrected chi connectivity index (χ4v) is 3.10. The Morgan fingerprint density at radius 1 is 1.10 bits per heavy atom. The molecule has 1 N–H and O–H groups in total. The molecule has 0 heterocycles. The first-order valence-electron chi connectivity index (χ1n) is 5.84. The second-order valence-corrected chi connectivity index (χ2v) is 7.17. The van der Waals surface area contributed by atoms with Crippen molar-refractivity contribution in [1.29, 1.82) is 0 Å². The Balaban J connectivity index is 2.38. The van der Waals surface area contributed by atoms with E-state index in [-0.39, 0.29) is 15.5 Å². The summed E-state index contributed by atoms with van der Waals surface area (Å²) >= 11 is 11.8. The third kappa shape index (κ3) is 3.75. The molecule has 21 heavy (non-hydrogen) atoms. The molecule has 1 amide bonds. The van der Waals surface area contributed by atoms with Crippen LogP contribution in [0.3, 0.4) is 0 Å². The standard InChI is InChI=1S/C14H11Cl2NO3S/c1-21(19,20)13-5-3-2-4-10(13)14(18)17-12-7-6-9(15)8-11(12)16/h2-8H,1H3,(H,17,18). The Morgan fingerprint density at radius 3 is 2.38 bits per heavy atom. The van der Waals surface area contributed by atoms with Gasteiger partial charge in [0, 0.05) is 11.3 Å². The second kappa shape index (κ2) is 6.05. The Hall–Kier alpha value is -1.56. The van der Waals surface area contributed by atoms with Crippen LogP contribution in [0.15, 0.2) is 47.4 Å². The normalized spacial score (nSPS) is 11.2. The SMILES string of the molecule is CS(=O)(=O)c1ccccc1C(=O)Nc1ccc(Cl)cc1Cl. The predicted molar refractivity (Wildman–Crippen MR) is 84.0 cm³/mol. The average Bonchev–Trinajstić information content (AvgIpc) is 2.41. The van der Waals surface area contributed by atoms with Gasteiger partial charge in [-0.1, -0.05) is 35.3 Å². The van der Waals surface area contributed by atoms with Crippen molar-refractivity contribution in [2.24, 2.45) is 0 Å². The second-order valence-electron chi connectivity index (χ2n) is 4.35. The van der Waals surface area contributed by atoms with Crippen LogP contribution < -0.4 is 5.32 Å². The van der Waals surface area contributed by atoms with Crippen LogP contribution in [-0.4, -0.2) is 20.6 Å². The number of benzene rings is 2. The van der Waals surface area contributed by atoms with E-state index in [9.17, 15) is 13.2 Å². The predicted octanol–water partition coefficient (Wildman–Crippen LogP) is 3.65. The molecule has 110 valence electrons. The number of sulfone groups is 1. The van der Waals surface area contributed by atoms with Crippen LogP contribution in [0, 0.1) is 0 Å². The minimum absolute atomic E-state index is 0.0346. The van der Waals surface area contributed by atoms with Crippen LogP contribution in [0.4, 0.5) is 5.69 Å². The van der Waals surface area contributed by atoms with Gasteiger partial charge >= 0.3 is 0 Å². The Kier molecular flexibility index (Phi) is 4.56. The highest BCUT2D eigenvalue weighted by molar-refractivity contribution is 7.90. The van der Waals surface area contributed by atoms with E-state index in [0.717, 1.165) is 6.26 Å². The number of halogens is 2. The topological polar surface area (TPSA) is 63.2 Å². The van der Waals surface area contributed by atoms with Crippen LogP contribution >= 0.6 is 23.2 Å². The molecule has 7 heteroatoms. The molecule has 0 radical (unpaired) electrons. The third-order valence-corrected chi connectivity index (χ3v) is 4.41. The summed E-state index contributed by atoms with van der Waals surface area (Å²) in [7, 11) is -3.50. The van der Waals surface area contributed by atoms with Crippen molar-refractivity contribution in [2.75, 3.05) is 11.6 Å². The lowest BCUT2D eigenvalue weighted by Crippen LogP contribution is -2.16. The minimum atomic E-state index is -3.50. The van der Waals surface area contributed by atoms with Crippen molar-refractivity contribution in [3.63, 3.8) is 0 Å². The van der Waals surface area contributed by atoms with E-state index >= 15 is 0 Å². The van der Waals surface area contributed by atoms with E-state index in [2.05, 4.69) is 5.32 Å². The molecule has 0 aromatic heterocycles. The van der Waals surface area contributed by atoms with Gasteiger partial charge in [-0.05, 0) is 30.3 Å². The number of anilines is 1. The maximum Gasteiger partial charge on any atom is 0.257 e. The van der Waals surface area contributed by atoms with Gasteiger partial charge in [0.15, 0.2) is 9.84 Å². The molecule has 0 fully saturated rings. The number of rotatable bonds is 3. The first-order valence-corrected chi connectivity index (χ1v) is 8.49. The zero-order chi connectivity index (χ0) is 15.6. The lowest BCUT2D eigenvalue weighted by molar-refractivity contribution is 0.102. The van der Waals surface area contributed by atoms with E-state index < -0.39 is 15.7 Å². The molecule has 0 aliphatic heterocycles. The number of hydrogen-bond acceptors (Lipinski definition) is 3. The molecule has 2 aromatic carbocycles. The molecule has 0 spiro atoms. The molecular formula is C14H11Cl2NO3S. The first-order chi connectivity index (χ1) is 9.79. The van der Waals surface area contributed by atoms with Crippen molar-refractivity contribution in [3.8, 4) is 0 Å². The van der Waals surface area contributed by atoms with Gasteiger partial charge in [-0.25, -0.2) is 8.42 Å². The van der Waals surface area contributed by atoms with Crippen LogP contribution in [0.5, 0.6) is 0 Å². The molecule has 4 nitrogen and oxygen atoms in total. The van der Waals surface area contributed by atoms with Crippen LogP contribution in [0.2, 0.25) is 10.0 Å². The van der Waals surface area contributed by atoms with Crippen molar-refractivity contribution in [3.05, 3.63) is 58.1 Å². The smallest absolute Gasteiger partial charge is 0.257 e. The molecule has 0 aliphatic rings. The highest BCUT2D eigenvalue weighted by Gasteiger charge is 2.18. The van der Waals surface area contributed by atoms with Gasteiger partial charge in [0.25, 0.3) is 5.91 Å². The summed E-state index contributed by atoms with van der Waals surface area (Å²) in [5.41, 5.74) is 0.417. The molecule has 0 unspecified atom stereocenters. The Bertz CT molecular complexity index is 804. The van der Waals surface area contributed by atoms with Gasteiger partial charge in [0.05, 0.1) is 21.2 Å². The van der Waals surface area contributed by atoms with Gasteiger partial charge in [0.1, 0.15) is 0 Å². The zero-order valence-electron chi connectivity index (χ0n) is 10.9. The number of hydrogen-bond donors (Lipinski definition) is 1. The summed E-state index contributed by atoms with van der Waals surface area (Å²) in [6.07, 6.45) is 1.05. The van der Waals surface area contributed by atoms with E-state index in [4.69, 9.17) is 23.2 Å². The Morgan fingerprint density at radius 2 is 1.76 bits per heavy atom. The van der Waals surface area contributed by atoms with Gasteiger partial charge in [0.2, 0.25) is 0 Å². The van der Waals surface area contributed by atoms with E-state index in [1.165, 1.54) is 18.2 Å². The molecule has 2 aromatic rings. The average molecular weight is 344 g/mol. The van der Waals surface area contributed by atoms with Gasteiger partial charge in [-0.3, -0.25) is 4.79 Å². The number of carbonyl (C=O) groups excluding carboxylic acids is 1. The molecule has 0 atom stereocenters. The summed E-state index contributed by atoms with van der Waals surface area (Å²) in [6, 6.07) is 10.6. The molecule has 0 bridgehead atoms.